The largest absolute Gasteiger partial charge is 0.234 e. The lowest BCUT2D eigenvalue weighted by atomic mass is 11.4. The third-order valence-electron chi connectivity index (χ3n) is 0.520. The lowest BCUT2D eigenvalue weighted by Crippen LogP contribution is -2.21. The van der Waals surface area contributed by atoms with Crippen molar-refractivity contribution in [3.63, 3.8) is 0 Å². The highest BCUT2D eigenvalue weighted by Crippen LogP contribution is 2.05. The molecule has 0 radical (unpaired) electrons. The second-order valence-electron chi connectivity index (χ2n) is 2.13. The molecule has 4 heteroatoms. The first kappa shape index (κ1) is 7.89. The summed E-state index contributed by atoms with van der Waals surface area (Å²) in [5.74, 6) is 0. The van der Waals surface area contributed by atoms with E-state index < -0.39 is 7.38 Å². The average Bonchev–Trinajstić information content (AvgIpc) is 1.59. The van der Waals surface area contributed by atoms with Gasteiger partial charge in [0.15, 0.2) is 7.38 Å². The number of isocyanates is 1. The van der Waals surface area contributed by atoms with Gasteiger partial charge >= 0.3 is 0 Å². The molecule has 0 aliphatic rings. The molecule has 8 heavy (non-hydrogen) atoms. The Hall–Kier alpha value is -0.113. The van der Waals surface area contributed by atoms with Gasteiger partial charge in [0.1, 0.15) is 0 Å². The quantitative estimate of drug-likeness (QED) is 0.252. The minimum Gasteiger partial charge on any atom is -0.211 e. The van der Waals surface area contributed by atoms with Crippen molar-refractivity contribution in [2.45, 2.75) is 13.1 Å². The molecule has 0 aliphatic heterocycles. The Morgan fingerprint density at radius 1 is 1.75 bits per heavy atom. The molecule has 0 fully saturated rings. The minimum atomic E-state index is -1.64. The summed E-state index contributed by atoms with van der Waals surface area (Å²) in [5, 5.41) is 0. The molecule has 0 aromatic heterocycles. The van der Waals surface area contributed by atoms with Crippen molar-refractivity contribution in [2.75, 3.05) is 6.17 Å². The first-order valence-electron chi connectivity index (χ1n) is 2.29. The fraction of sp³-hybridized carbons (Fsp3) is 0.750. The van der Waals surface area contributed by atoms with Gasteiger partial charge in [-0.15, -0.1) is 0 Å². The SMILES string of the molecule is C[Si](C)(Cl)CN=C=O. The molecular formula is C4H8ClNOSi. The maximum atomic E-state index is 9.52. The van der Waals surface area contributed by atoms with E-state index in [4.69, 9.17) is 11.1 Å². The Balaban J connectivity index is 3.55. The van der Waals surface area contributed by atoms with Gasteiger partial charge in [0.05, 0.1) is 6.17 Å². The highest BCUT2D eigenvalue weighted by Gasteiger charge is 2.15. The standard InChI is InChI=1S/C4H8ClNOSi/c1-8(2,5)4-6-3-7/h4H2,1-2H3. The van der Waals surface area contributed by atoms with Gasteiger partial charge in [-0.25, -0.2) is 9.79 Å². The summed E-state index contributed by atoms with van der Waals surface area (Å²) in [4.78, 5) is 12.9. The summed E-state index contributed by atoms with van der Waals surface area (Å²) < 4.78 is 0. The van der Waals surface area contributed by atoms with Gasteiger partial charge in [0.25, 0.3) is 0 Å². The lowest BCUT2D eigenvalue weighted by molar-refractivity contribution is 0.564. The molecule has 0 heterocycles. The molecule has 0 saturated carbocycles. The molecule has 0 aliphatic carbocycles. The smallest absolute Gasteiger partial charge is 0.211 e. The van der Waals surface area contributed by atoms with E-state index in [2.05, 4.69) is 4.99 Å². The summed E-state index contributed by atoms with van der Waals surface area (Å²) in [7, 11) is -1.64. The van der Waals surface area contributed by atoms with Gasteiger partial charge in [-0.05, 0) is 0 Å². The van der Waals surface area contributed by atoms with Crippen LogP contribution in [0, 0.1) is 0 Å². The van der Waals surface area contributed by atoms with Crippen LogP contribution >= 0.6 is 11.1 Å². The highest BCUT2D eigenvalue weighted by molar-refractivity contribution is 7.19. The van der Waals surface area contributed by atoms with Gasteiger partial charge in [-0.2, -0.15) is 11.1 Å². The summed E-state index contributed by atoms with van der Waals surface area (Å²) >= 11 is 5.78. The number of hydrogen-bond acceptors (Lipinski definition) is 2. The van der Waals surface area contributed by atoms with E-state index in [-0.39, 0.29) is 0 Å². The molecule has 0 saturated heterocycles. The first-order chi connectivity index (χ1) is 3.56. The van der Waals surface area contributed by atoms with Crippen LogP contribution in [0.4, 0.5) is 0 Å². The van der Waals surface area contributed by atoms with E-state index in [0.29, 0.717) is 6.17 Å². The van der Waals surface area contributed by atoms with Crippen molar-refractivity contribution in [1.29, 1.82) is 0 Å². The Bertz CT molecular complexity index is 114. The zero-order valence-corrected chi connectivity index (χ0v) is 6.70. The molecule has 0 amide bonds. The predicted octanol–water partition coefficient (Wildman–Crippen LogP) is 1.31. The topological polar surface area (TPSA) is 29.4 Å². The van der Waals surface area contributed by atoms with Crippen molar-refractivity contribution in [1.82, 2.24) is 0 Å². The van der Waals surface area contributed by atoms with Crippen LogP contribution in [-0.2, 0) is 4.79 Å². The Kier molecular flexibility index (Phi) is 2.98. The van der Waals surface area contributed by atoms with Crippen molar-refractivity contribution in [3.8, 4) is 0 Å². The summed E-state index contributed by atoms with van der Waals surface area (Å²) in [6, 6.07) is 0. The third-order valence-corrected chi connectivity index (χ3v) is 1.79. The van der Waals surface area contributed by atoms with Crippen molar-refractivity contribution >= 4 is 24.5 Å². The maximum Gasteiger partial charge on any atom is 0.234 e. The average molecular weight is 150 g/mol. The second-order valence-corrected chi connectivity index (χ2v) is 8.95. The molecule has 0 aromatic carbocycles. The van der Waals surface area contributed by atoms with Crippen LogP contribution in [-0.4, -0.2) is 19.6 Å². The van der Waals surface area contributed by atoms with E-state index in [0.717, 1.165) is 0 Å². The minimum absolute atomic E-state index is 0.470. The normalized spacial score (nSPS) is 10.4. The molecule has 0 spiro atoms. The van der Waals surface area contributed by atoms with Crippen LogP contribution in [0.2, 0.25) is 13.1 Å². The zero-order chi connectivity index (χ0) is 6.62. The van der Waals surface area contributed by atoms with Crippen molar-refractivity contribution < 1.29 is 4.79 Å². The van der Waals surface area contributed by atoms with Gasteiger partial charge in [-0.3, -0.25) is 0 Å². The third kappa shape index (κ3) is 5.89. The fourth-order valence-electron chi connectivity index (χ4n) is 0.220. The maximum absolute atomic E-state index is 9.52. The fourth-order valence-corrected chi connectivity index (χ4v) is 0.840. The van der Waals surface area contributed by atoms with Crippen LogP contribution in [0.1, 0.15) is 0 Å². The van der Waals surface area contributed by atoms with Crippen LogP contribution in [0.15, 0.2) is 4.99 Å². The number of aliphatic imine (C=N–C) groups is 1. The van der Waals surface area contributed by atoms with Crippen LogP contribution in [0.3, 0.4) is 0 Å². The zero-order valence-electron chi connectivity index (χ0n) is 4.94. The Morgan fingerprint density at radius 3 is 2.38 bits per heavy atom. The first-order valence-corrected chi connectivity index (χ1v) is 6.51. The molecule has 2 nitrogen and oxygen atoms in total. The van der Waals surface area contributed by atoms with Gasteiger partial charge < -0.3 is 0 Å². The molecule has 0 bridgehead atoms. The van der Waals surface area contributed by atoms with Crippen molar-refractivity contribution in [3.05, 3.63) is 0 Å². The molecule has 0 rings (SSSR count). The number of nitrogens with zero attached hydrogens (tertiary/aromatic N) is 1. The van der Waals surface area contributed by atoms with E-state index in [1.165, 1.54) is 6.08 Å². The highest BCUT2D eigenvalue weighted by atomic mass is 35.6. The molecule has 0 N–H and O–H groups in total. The Morgan fingerprint density at radius 2 is 2.25 bits per heavy atom. The number of carbonyl (C=O) groups excluding carboxylic acids is 1. The van der Waals surface area contributed by atoms with E-state index in [1.54, 1.807) is 0 Å². The van der Waals surface area contributed by atoms with Crippen LogP contribution in [0.5, 0.6) is 0 Å². The van der Waals surface area contributed by atoms with Gasteiger partial charge in [0.2, 0.25) is 6.08 Å². The van der Waals surface area contributed by atoms with Crippen LogP contribution < -0.4 is 0 Å². The van der Waals surface area contributed by atoms with Crippen molar-refractivity contribution in [2.24, 2.45) is 4.99 Å². The number of rotatable bonds is 2. The second kappa shape index (κ2) is 3.02. The van der Waals surface area contributed by atoms with E-state index in [1.807, 2.05) is 13.1 Å². The number of hydrogen-bond donors (Lipinski definition) is 0. The van der Waals surface area contributed by atoms with E-state index >= 15 is 0 Å². The summed E-state index contributed by atoms with van der Waals surface area (Å²) in [5.41, 5.74) is 0. The number of halogens is 1. The molecule has 0 atom stereocenters. The van der Waals surface area contributed by atoms with Crippen LogP contribution in [0.25, 0.3) is 0 Å². The molecule has 0 unspecified atom stereocenters. The molecule has 0 aromatic rings. The van der Waals surface area contributed by atoms with E-state index in [9.17, 15) is 4.79 Å². The lowest BCUT2D eigenvalue weighted by Gasteiger charge is -2.04. The predicted molar refractivity (Wildman–Crippen MR) is 36.3 cm³/mol. The van der Waals surface area contributed by atoms with Gasteiger partial charge in [-0.1, -0.05) is 13.1 Å². The van der Waals surface area contributed by atoms with Gasteiger partial charge in [0, 0.05) is 0 Å². The monoisotopic (exact) mass is 149 g/mol. The summed E-state index contributed by atoms with van der Waals surface area (Å²) in [6.07, 6.45) is 1.92. The Labute approximate surface area is 54.3 Å². The summed E-state index contributed by atoms with van der Waals surface area (Å²) in [6.45, 7) is 3.85. The molecular weight excluding hydrogens is 142 g/mol. The molecule has 46 valence electrons.